The van der Waals surface area contributed by atoms with Gasteiger partial charge in [0.05, 0.1) is 0 Å². The first-order valence-electron chi connectivity index (χ1n) is 5.63. The van der Waals surface area contributed by atoms with Crippen LogP contribution in [0.4, 0.5) is 13.2 Å². The lowest BCUT2D eigenvalue weighted by Gasteiger charge is -2.06. The van der Waals surface area contributed by atoms with Crippen molar-refractivity contribution in [3.05, 3.63) is 35.1 Å². The number of nitrogens with one attached hydrogen (secondary N) is 1. The molecule has 0 aliphatic heterocycles. The topological polar surface area (TPSA) is 55.1 Å². The molecule has 3 N–H and O–H groups in total. The van der Waals surface area contributed by atoms with Crippen LogP contribution >= 0.6 is 0 Å². The average Bonchev–Trinajstić information content (AvgIpc) is 2.29. The van der Waals surface area contributed by atoms with Crippen LogP contribution < -0.4 is 11.1 Å². The third-order valence-electron chi connectivity index (χ3n) is 2.43. The lowest BCUT2D eigenvalue weighted by Crippen LogP contribution is -2.17. The van der Waals surface area contributed by atoms with Crippen LogP contribution in [0, 0.1) is 17.5 Å². The van der Waals surface area contributed by atoms with E-state index in [-0.39, 0.29) is 18.0 Å². The summed E-state index contributed by atoms with van der Waals surface area (Å²) >= 11 is 0. The highest BCUT2D eigenvalue weighted by Gasteiger charge is 2.09. The van der Waals surface area contributed by atoms with Gasteiger partial charge in [0.1, 0.15) is 5.82 Å². The van der Waals surface area contributed by atoms with Gasteiger partial charge < -0.3 is 11.1 Å². The fourth-order valence-electron chi connectivity index (χ4n) is 1.47. The summed E-state index contributed by atoms with van der Waals surface area (Å²) in [5.74, 6) is -3.40. The first kappa shape index (κ1) is 14.5. The van der Waals surface area contributed by atoms with Gasteiger partial charge in [-0.15, -0.1) is 0 Å². The monoisotopic (exact) mass is 260 g/mol. The Morgan fingerprint density at radius 1 is 1.11 bits per heavy atom. The van der Waals surface area contributed by atoms with Crippen LogP contribution in [0.25, 0.3) is 0 Å². The van der Waals surface area contributed by atoms with Crippen molar-refractivity contribution in [2.24, 2.45) is 5.73 Å². The van der Waals surface area contributed by atoms with Crippen molar-refractivity contribution >= 4 is 5.91 Å². The zero-order valence-corrected chi connectivity index (χ0v) is 9.81. The van der Waals surface area contributed by atoms with Crippen molar-refractivity contribution in [1.82, 2.24) is 5.32 Å². The van der Waals surface area contributed by atoms with Crippen molar-refractivity contribution < 1.29 is 18.0 Å². The number of benzene rings is 1. The number of hydrogen-bond acceptors (Lipinski definition) is 2. The summed E-state index contributed by atoms with van der Waals surface area (Å²) in [6, 6.07) is 1.36. The smallest absolute Gasteiger partial charge is 0.217 e. The standard InChI is InChI=1S/C12H15F3N2O/c13-9-6-11(15)10(14)5-8(9)7-17-4-2-1-3-12(16)18/h5-6,17H,1-4,7H2,(H2,16,18). The molecule has 0 atom stereocenters. The van der Waals surface area contributed by atoms with E-state index in [1.165, 1.54) is 0 Å². The third kappa shape index (κ3) is 4.75. The Kier molecular flexibility index (Phi) is 5.64. The Bertz CT molecular complexity index is 424. The van der Waals surface area contributed by atoms with Crippen molar-refractivity contribution in [2.45, 2.75) is 25.8 Å². The van der Waals surface area contributed by atoms with E-state index in [4.69, 9.17) is 5.73 Å². The van der Waals surface area contributed by atoms with Crippen molar-refractivity contribution in [3.63, 3.8) is 0 Å². The minimum Gasteiger partial charge on any atom is -0.370 e. The number of amides is 1. The molecule has 18 heavy (non-hydrogen) atoms. The zero-order chi connectivity index (χ0) is 13.5. The number of nitrogens with two attached hydrogens (primary N) is 1. The van der Waals surface area contributed by atoms with E-state index < -0.39 is 17.5 Å². The number of carbonyl (C=O) groups excluding carboxylic acids is 1. The maximum atomic E-state index is 13.2. The largest absolute Gasteiger partial charge is 0.370 e. The van der Waals surface area contributed by atoms with Crippen LogP contribution in [-0.2, 0) is 11.3 Å². The summed E-state index contributed by atoms with van der Waals surface area (Å²) in [6.07, 6.45) is 1.65. The second kappa shape index (κ2) is 7.00. The molecule has 0 spiro atoms. The summed E-state index contributed by atoms with van der Waals surface area (Å²) < 4.78 is 38.7. The molecule has 3 nitrogen and oxygen atoms in total. The Labute approximate surface area is 103 Å². The van der Waals surface area contributed by atoms with E-state index >= 15 is 0 Å². The van der Waals surface area contributed by atoms with Crippen molar-refractivity contribution in [3.8, 4) is 0 Å². The maximum Gasteiger partial charge on any atom is 0.217 e. The minimum absolute atomic E-state index is 0.0730. The molecule has 0 unspecified atom stereocenters. The zero-order valence-electron chi connectivity index (χ0n) is 9.81. The minimum atomic E-state index is -1.20. The van der Waals surface area contributed by atoms with Crippen LogP contribution in [-0.4, -0.2) is 12.5 Å². The number of primary amides is 1. The highest BCUT2D eigenvalue weighted by molar-refractivity contribution is 5.73. The molecular formula is C12H15F3N2O. The molecule has 0 aliphatic rings. The molecule has 0 radical (unpaired) electrons. The Morgan fingerprint density at radius 2 is 1.78 bits per heavy atom. The van der Waals surface area contributed by atoms with Crippen LogP contribution in [0.1, 0.15) is 24.8 Å². The predicted octanol–water partition coefficient (Wildman–Crippen LogP) is 1.85. The molecule has 1 amide bonds. The van der Waals surface area contributed by atoms with Crippen molar-refractivity contribution in [1.29, 1.82) is 0 Å². The fraction of sp³-hybridized carbons (Fsp3) is 0.417. The second-order valence-electron chi connectivity index (χ2n) is 3.96. The molecule has 0 saturated heterocycles. The van der Waals surface area contributed by atoms with Gasteiger partial charge in [-0.1, -0.05) is 0 Å². The summed E-state index contributed by atoms with van der Waals surface area (Å²) in [5.41, 5.74) is 5.04. The van der Waals surface area contributed by atoms with Gasteiger partial charge in [0.15, 0.2) is 11.6 Å². The molecule has 0 aliphatic carbocycles. The van der Waals surface area contributed by atoms with Crippen LogP contribution in [0.15, 0.2) is 12.1 Å². The Hall–Kier alpha value is -1.56. The first-order valence-corrected chi connectivity index (χ1v) is 5.63. The summed E-state index contributed by atoms with van der Waals surface area (Å²) in [5, 5.41) is 2.88. The van der Waals surface area contributed by atoms with Gasteiger partial charge in [-0.25, -0.2) is 13.2 Å². The van der Waals surface area contributed by atoms with Gasteiger partial charge in [0.25, 0.3) is 0 Å². The molecule has 0 bridgehead atoms. The molecule has 1 aromatic carbocycles. The van der Waals surface area contributed by atoms with Gasteiger partial charge >= 0.3 is 0 Å². The molecule has 1 aromatic rings. The Morgan fingerprint density at radius 3 is 2.44 bits per heavy atom. The Balaban J connectivity index is 2.31. The predicted molar refractivity (Wildman–Crippen MR) is 61.1 cm³/mol. The molecule has 0 saturated carbocycles. The van der Waals surface area contributed by atoms with E-state index in [0.717, 1.165) is 6.07 Å². The first-order chi connectivity index (χ1) is 8.50. The van der Waals surface area contributed by atoms with Crippen LogP contribution in [0.5, 0.6) is 0 Å². The van der Waals surface area contributed by atoms with E-state index in [2.05, 4.69) is 5.32 Å². The van der Waals surface area contributed by atoms with Gasteiger partial charge in [-0.05, 0) is 25.5 Å². The maximum absolute atomic E-state index is 13.2. The second-order valence-corrected chi connectivity index (χ2v) is 3.96. The lowest BCUT2D eigenvalue weighted by atomic mass is 10.2. The van der Waals surface area contributed by atoms with E-state index in [1.807, 2.05) is 0 Å². The number of hydrogen-bond donors (Lipinski definition) is 2. The molecule has 6 heteroatoms. The van der Waals surface area contributed by atoms with Crippen LogP contribution in [0.3, 0.4) is 0 Å². The molecule has 0 heterocycles. The highest BCUT2D eigenvalue weighted by Crippen LogP contribution is 2.13. The number of unbranched alkanes of at least 4 members (excludes halogenated alkanes) is 1. The summed E-state index contributed by atoms with van der Waals surface area (Å²) in [6.45, 7) is 0.658. The quantitative estimate of drug-likeness (QED) is 0.580. The molecule has 1 rings (SSSR count). The van der Waals surface area contributed by atoms with E-state index in [0.29, 0.717) is 31.9 Å². The normalized spacial score (nSPS) is 10.6. The van der Waals surface area contributed by atoms with Gasteiger partial charge in [0, 0.05) is 24.6 Å². The highest BCUT2D eigenvalue weighted by atomic mass is 19.2. The fourth-order valence-corrected chi connectivity index (χ4v) is 1.47. The van der Waals surface area contributed by atoms with Gasteiger partial charge in [-0.2, -0.15) is 0 Å². The number of carbonyl (C=O) groups is 1. The molecule has 0 fully saturated rings. The third-order valence-corrected chi connectivity index (χ3v) is 2.43. The molecule has 0 aromatic heterocycles. The van der Waals surface area contributed by atoms with E-state index in [9.17, 15) is 18.0 Å². The van der Waals surface area contributed by atoms with Crippen molar-refractivity contribution in [2.75, 3.05) is 6.54 Å². The van der Waals surface area contributed by atoms with E-state index in [1.54, 1.807) is 0 Å². The lowest BCUT2D eigenvalue weighted by molar-refractivity contribution is -0.118. The van der Waals surface area contributed by atoms with Gasteiger partial charge in [-0.3, -0.25) is 4.79 Å². The van der Waals surface area contributed by atoms with Gasteiger partial charge in [0.2, 0.25) is 5.91 Å². The summed E-state index contributed by atoms with van der Waals surface area (Å²) in [4.78, 5) is 10.4. The number of halogens is 3. The summed E-state index contributed by atoms with van der Waals surface area (Å²) in [7, 11) is 0. The average molecular weight is 260 g/mol. The molecular weight excluding hydrogens is 245 g/mol. The SMILES string of the molecule is NC(=O)CCCCNCc1cc(F)c(F)cc1F. The van der Waals surface area contributed by atoms with Crippen LogP contribution in [0.2, 0.25) is 0 Å². The number of rotatable bonds is 7. The molecule has 100 valence electrons.